The van der Waals surface area contributed by atoms with Crippen molar-refractivity contribution in [2.24, 2.45) is 0 Å². The predicted molar refractivity (Wildman–Crippen MR) is 72.9 cm³/mol. The zero-order chi connectivity index (χ0) is 16.7. The number of aliphatic hydroxyl groups excluding tert-OH is 3. The Morgan fingerprint density at radius 3 is 2.50 bits per heavy atom. The van der Waals surface area contributed by atoms with Crippen molar-refractivity contribution in [2.45, 2.75) is 31.3 Å². The molecule has 1 aliphatic heterocycles. The summed E-state index contributed by atoms with van der Waals surface area (Å²) < 4.78 is 14.6. The number of alkyl carbamates (subject to hydrolysis) is 1. The van der Waals surface area contributed by atoms with E-state index in [1.54, 1.807) is 0 Å². The van der Waals surface area contributed by atoms with Gasteiger partial charge in [-0.15, -0.1) is 0 Å². The van der Waals surface area contributed by atoms with Gasteiger partial charge in [0.25, 0.3) is 0 Å². The lowest BCUT2D eigenvalue weighted by atomic mass is 9.99. The van der Waals surface area contributed by atoms with Crippen LogP contribution in [-0.4, -0.2) is 78.2 Å². The molecule has 1 saturated heterocycles. The summed E-state index contributed by atoms with van der Waals surface area (Å²) in [7, 11) is 0. The SMILES string of the molecule is C=C(C)C(=O)OCCOC(=O)N[C@H]1CO[C@H](CO)[C@@H](O)[C@@H]1O. The summed E-state index contributed by atoms with van der Waals surface area (Å²) in [6.45, 7) is 4.07. The summed E-state index contributed by atoms with van der Waals surface area (Å²) in [6, 6.07) is -0.872. The van der Waals surface area contributed by atoms with Crippen LogP contribution in [0.25, 0.3) is 0 Å². The minimum Gasteiger partial charge on any atom is -0.459 e. The number of carbonyl (C=O) groups excluding carboxylic acids is 2. The van der Waals surface area contributed by atoms with Gasteiger partial charge in [0.2, 0.25) is 0 Å². The second kappa shape index (κ2) is 8.69. The third-order valence-corrected chi connectivity index (χ3v) is 3.01. The summed E-state index contributed by atoms with van der Waals surface area (Å²) in [5.74, 6) is -0.585. The molecule has 1 amide bonds. The molecule has 0 aromatic carbocycles. The lowest BCUT2D eigenvalue weighted by Crippen LogP contribution is -2.60. The number of amides is 1. The molecule has 1 rings (SSSR count). The lowest BCUT2D eigenvalue weighted by Gasteiger charge is -2.36. The molecule has 0 spiro atoms. The third-order valence-electron chi connectivity index (χ3n) is 3.01. The average Bonchev–Trinajstić information content (AvgIpc) is 2.48. The Morgan fingerprint density at radius 2 is 1.91 bits per heavy atom. The first kappa shape index (κ1) is 18.4. The van der Waals surface area contributed by atoms with E-state index in [-0.39, 0.29) is 25.4 Å². The molecule has 1 fully saturated rings. The van der Waals surface area contributed by atoms with E-state index in [2.05, 4.69) is 11.9 Å². The Kier molecular flexibility index (Phi) is 7.25. The standard InChI is InChI=1S/C13H21NO8/c1-7(2)12(18)20-3-4-21-13(19)14-8-6-22-9(5-15)11(17)10(8)16/h8-11,15-17H,1,3-6H2,2H3,(H,14,19)/t8-,9+,10+,11+/m0/s1. The van der Waals surface area contributed by atoms with Crippen LogP contribution in [0.2, 0.25) is 0 Å². The topological polar surface area (TPSA) is 135 Å². The Labute approximate surface area is 127 Å². The molecule has 126 valence electrons. The first-order valence-electron chi connectivity index (χ1n) is 6.71. The fraction of sp³-hybridized carbons (Fsp3) is 0.692. The molecular formula is C13H21NO8. The molecule has 0 bridgehead atoms. The van der Waals surface area contributed by atoms with E-state index in [0.29, 0.717) is 0 Å². The van der Waals surface area contributed by atoms with E-state index in [1.165, 1.54) is 6.92 Å². The van der Waals surface area contributed by atoms with Crippen molar-refractivity contribution in [3.05, 3.63) is 12.2 Å². The monoisotopic (exact) mass is 319 g/mol. The molecule has 4 N–H and O–H groups in total. The van der Waals surface area contributed by atoms with Gasteiger partial charge in [-0.05, 0) is 6.92 Å². The molecule has 4 atom stereocenters. The number of hydrogen-bond acceptors (Lipinski definition) is 8. The van der Waals surface area contributed by atoms with Crippen molar-refractivity contribution in [1.82, 2.24) is 5.32 Å². The maximum absolute atomic E-state index is 11.5. The van der Waals surface area contributed by atoms with Crippen molar-refractivity contribution in [1.29, 1.82) is 0 Å². The highest BCUT2D eigenvalue weighted by Crippen LogP contribution is 2.15. The van der Waals surface area contributed by atoms with Crippen LogP contribution in [0.3, 0.4) is 0 Å². The zero-order valence-electron chi connectivity index (χ0n) is 12.2. The average molecular weight is 319 g/mol. The molecular weight excluding hydrogens is 298 g/mol. The van der Waals surface area contributed by atoms with Crippen molar-refractivity contribution in [3.63, 3.8) is 0 Å². The van der Waals surface area contributed by atoms with Crippen molar-refractivity contribution < 1.29 is 39.1 Å². The number of hydrogen-bond donors (Lipinski definition) is 4. The van der Waals surface area contributed by atoms with Crippen LogP contribution >= 0.6 is 0 Å². The number of ether oxygens (including phenoxy) is 3. The fourth-order valence-corrected chi connectivity index (χ4v) is 1.76. The molecule has 9 heteroatoms. The first-order valence-corrected chi connectivity index (χ1v) is 6.71. The summed E-state index contributed by atoms with van der Waals surface area (Å²) in [5, 5.41) is 30.7. The summed E-state index contributed by atoms with van der Waals surface area (Å²) in [4.78, 5) is 22.6. The molecule has 1 aliphatic rings. The lowest BCUT2D eigenvalue weighted by molar-refractivity contribution is -0.160. The van der Waals surface area contributed by atoms with Gasteiger partial charge in [-0.25, -0.2) is 9.59 Å². The highest BCUT2D eigenvalue weighted by Gasteiger charge is 2.38. The molecule has 22 heavy (non-hydrogen) atoms. The molecule has 9 nitrogen and oxygen atoms in total. The number of carbonyl (C=O) groups is 2. The summed E-state index contributed by atoms with van der Waals surface area (Å²) in [6.07, 6.45) is -4.36. The predicted octanol–water partition coefficient (Wildman–Crippen LogP) is -1.69. The summed E-state index contributed by atoms with van der Waals surface area (Å²) in [5.41, 5.74) is 0.236. The molecule has 0 aromatic heterocycles. The van der Waals surface area contributed by atoms with Gasteiger partial charge in [-0.2, -0.15) is 0 Å². The Hall–Kier alpha value is -1.68. The van der Waals surface area contributed by atoms with Gasteiger partial charge in [0, 0.05) is 5.57 Å². The van der Waals surface area contributed by atoms with Crippen molar-refractivity contribution in [3.8, 4) is 0 Å². The zero-order valence-corrected chi connectivity index (χ0v) is 12.2. The van der Waals surface area contributed by atoms with E-state index >= 15 is 0 Å². The largest absolute Gasteiger partial charge is 0.459 e. The number of nitrogens with one attached hydrogen (secondary N) is 1. The van der Waals surface area contributed by atoms with Gasteiger partial charge in [0.1, 0.15) is 31.5 Å². The molecule has 0 radical (unpaired) electrons. The molecule has 1 heterocycles. The van der Waals surface area contributed by atoms with Gasteiger partial charge >= 0.3 is 12.1 Å². The van der Waals surface area contributed by atoms with Crippen molar-refractivity contribution >= 4 is 12.1 Å². The van der Waals surface area contributed by atoms with Crippen LogP contribution in [0.15, 0.2) is 12.2 Å². The van der Waals surface area contributed by atoms with E-state index in [4.69, 9.17) is 19.3 Å². The molecule has 0 aliphatic carbocycles. The second-order valence-corrected chi connectivity index (χ2v) is 4.84. The normalized spacial score (nSPS) is 27.8. The van der Waals surface area contributed by atoms with Crippen LogP contribution in [0.5, 0.6) is 0 Å². The van der Waals surface area contributed by atoms with Crippen molar-refractivity contribution in [2.75, 3.05) is 26.4 Å². The van der Waals surface area contributed by atoms with Gasteiger partial charge in [-0.1, -0.05) is 6.58 Å². The van der Waals surface area contributed by atoms with Gasteiger partial charge in [0.15, 0.2) is 0 Å². The Bertz CT molecular complexity index is 413. The molecule has 0 unspecified atom stereocenters. The number of rotatable bonds is 6. The molecule has 0 saturated carbocycles. The van der Waals surface area contributed by atoms with Crippen LogP contribution in [0, 0.1) is 0 Å². The number of aliphatic hydroxyl groups is 3. The van der Waals surface area contributed by atoms with E-state index < -0.39 is 43.0 Å². The number of esters is 1. The Morgan fingerprint density at radius 1 is 1.27 bits per heavy atom. The smallest absolute Gasteiger partial charge is 0.407 e. The van der Waals surface area contributed by atoms with Crippen LogP contribution in [-0.2, 0) is 19.0 Å². The third kappa shape index (κ3) is 5.26. The highest BCUT2D eigenvalue weighted by atomic mass is 16.6. The summed E-state index contributed by atoms with van der Waals surface area (Å²) >= 11 is 0. The highest BCUT2D eigenvalue weighted by molar-refractivity contribution is 5.86. The second-order valence-electron chi connectivity index (χ2n) is 4.84. The van der Waals surface area contributed by atoms with Crippen LogP contribution < -0.4 is 5.32 Å². The fourth-order valence-electron chi connectivity index (χ4n) is 1.76. The minimum atomic E-state index is -1.32. The van der Waals surface area contributed by atoms with E-state index in [0.717, 1.165) is 0 Å². The van der Waals surface area contributed by atoms with E-state index in [9.17, 15) is 19.8 Å². The minimum absolute atomic E-state index is 0.0802. The van der Waals surface area contributed by atoms with Gasteiger partial charge in [0.05, 0.1) is 19.3 Å². The first-order chi connectivity index (χ1) is 10.4. The quantitative estimate of drug-likeness (QED) is 0.259. The Balaban J connectivity index is 2.28. The molecule has 0 aromatic rings. The van der Waals surface area contributed by atoms with Gasteiger partial charge in [-0.3, -0.25) is 0 Å². The van der Waals surface area contributed by atoms with Gasteiger partial charge < -0.3 is 34.8 Å². The maximum Gasteiger partial charge on any atom is 0.407 e. The van der Waals surface area contributed by atoms with E-state index in [1.807, 2.05) is 0 Å². The van der Waals surface area contributed by atoms with Crippen LogP contribution in [0.1, 0.15) is 6.92 Å². The maximum atomic E-state index is 11.5. The van der Waals surface area contributed by atoms with Crippen LogP contribution in [0.4, 0.5) is 4.79 Å².